The number of nitrogens with one attached hydrogen (secondary N) is 1. The Hall–Kier alpha value is -1.83. The maximum Gasteiger partial charge on any atom is 0.213 e. The molecule has 1 aliphatic carbocycles. The van der Waals surface area contributed by atoms with Crippen molar-refractivity contribution in [1.29, 1.82) is 0 Å². The number of aliphatic imine (C=N–C) groups is 1. The van der Waals surface area contributed by atoms with Crippen LogP contribution in [0.5, 0.6) is 5.88 Å². The Kier molecular flexibility index (Phi) is 6.71. The van der Waals surface area contributed by atoms with E-state index in [1.165, 1.54) is 12.8 Å². The summed E-state index contributed by atoms with van der Waals surface area (Å²) >= 11 is 0. The van der Waals surface area contributed by atoms with Crippen molar-refractivity contribution in [2.75, 3.05) is 25.9 Å². The summed E-state index contributed by atoms with van der Waals surface area (Å²) < 4.78 is 29.8. The molecule has 0 spiro atoms. The second-order valence-corrected chi connectivity index (χ2v) is 11.6. The molecule has 1 aromatic rings. The van der Waals surface area contributed by atoms with E-state index in [1.54, 1.807) is 27.1 Å². The number of hydrogen-bond acceptors (Lipinski definition) is 5. The van der Waals surface area contributed by atoms with Gasteiger partial charge < -0.3 is 15.0 Å². The number of aromatic nitrogens is 1. The molecule has 1 N–H and O–H groups in total. The smallest absolute Gasteiger partial charge is 0.213 e. The van der Waals surface area contributed by atoms with Crippen molar-refractivity contribution in [1.82, 2.24) is 15.2 Å². The van der Waals surface area contributed by atoms with Crippen molar-refractivity contribution in [3.63, 3.8) is 0 Å². The number of rotatable bonds is 4. The van der Waals surface area contributed by atoms with Crippen LogP contribution < -0.4 is 10.1 Å². The molecule has 162 valence electrons. The molecule has 1 saturated heterocycles. The molecule has 29 heavy (non-hydrogen) atoms. The first-order valence-electron chi connectivity index (χ1n) is 10.5. The number of hydrogen-bond donors (Lipinski definition) is 1. The van der Waals surface area contributed by atoms with Crippen molar-refractivity contribution < 1.29 is 13.2 Å². The summed E-state index contributed by atoms with van der Waals surface area (Å²) in [5.74, 6) is 2.32. The van der Waals surface area contributed by atoms with Gasteiger partial charge in [0, 0.05) is 38.9 Å². The van der Waals surface area contributed by atoms with Crippen molar-refractivity contribution in [2.45, 2.75) is 63.9 Å². The largest absolute Gasteiger partial charge is 0.474 e. The summed E-state index contributed by atoms with van der Waals surface area (Å²) in [4.78, 5) is 10.7. The summed E-state index contributed by atoms with van der Waals surface area (Å²) in [5.41, 5.74) is 1.06. The highest BCUT2D eigenvalue weighted by Crippen LogP contribution is 2.27. The van der Waals surface area contributed by atoms with Gasteiger partial charge in [-0.05, 0) is 57.1 Å². The Morgan fingerprint density at radius 1 is 1.34 bits per heavy atom. The van der Waals surface area contributed by atoms with Crippen molar-refractivity contribution in [3.05, 3.63) is 23.9 Å². The molecule has 7 nitrogen and oxygen atoms in total. The molecule has 0 atom stereocenters. The number of nitrogens with zero attached hydrogens (tertiary/aromatic N) is 3. The van der Waals surface area contributed by atoms with Crippen molar-refractivity contribution in [3.8, 4) is 5.88 Å². The first-order valence-corrected chi connectivity index (χ1v) is 12.1. The monoisotopic (exact) mass is 422 g/mol. The first-order chi connectivity index (χ1) is 13.7. The zero-order valence-corrected chi connectivity index (χ0v) is 18.8. The maximum absolute atomic E-state index is 12.3. The van der Waals surface area contributed by atoms with E-state index >= 15 is 0 Å². The van der Waals surface area contributed by atoms with Crippen LogP contribution in [0.15, 0.2) is 23.3 Å². The fourth-order valence-corrected chi connectivity index (χ4v) is 5.35. The van der Waals surface area contributed by atoms with Gasteiger partial charge in [0.1, 0.15) is 6.10 Å². The third-order valence-electron chi connectivity index (χ3n) is 6.06. The molecule has 0 bridgehead atoms. The molecular weight excluding hydrogens is 388 g/mol. The quantitative estimate of drug-likeness (QED) is 0.593. The third-order valence-corrected chi connectivity index (χ3v) is 8.59. The van der Waals surface area contributed by atoms with Gasteiger partial charge >= 0.3 is 0 Å². The van der Waals surface area contributed by atoms with Gasteiger partial charge in [-0.3, -0.25) is 4.99 Å². The average molecular weight is 423 g/mol. The lowest BCUT2D eigenvalue weighted by Gasteiger charge is -2.39. The number of sulfone groups is 1. The molecule has 2 heterocycles. The van der Waals surface area contributed by atoms with Crippen molar-refractivity contribution in [2.24, 2.45) is 10.9 Å². The molecule has 0 unspecified atom stereocenters. The number of ether oxygens (including phenoxy) is 1. The molecule has 0 amide bonds. The van der Waals surface area contributed by atoms with Gasteiger partial charge in [-0.25, -0.2) is 13.4 Å². The van der Waals surface area contributed by atoms with Crippen LogP contribution >= 0.6 is 0 Å². The van der Waals surface area contributed by atoms with Gasteiger partial charge in [-0.15, -0.1) is 0 Å². The summed E-state index contributed by atoms with van der Waals surface area (Å²) in [7, 11) is -1.35. The van der Waals surface area contributed by atoms with E-state index in [0.29, 0.717) is 31.5 Å². The van der Waals surface area contributed by atoms with Gasteiger partial charge in [-0.1, -0.05) is 6.92 Å². The van der Waals surface area contributed by atoms with E-state index in [2.05, 4.69) is 22.2 Å². The summed E-state index contributed by atoms with van der Waals surface area (Å²) in [5, 5.41) is 3.35. The van der Waals surface area contributed by atoms with E-state index in [9.17, 15) is 8.42 Å². The van der Waals surface area contributed by atoms with E-state index < -0.39 is 14.6 Å². The van der Waals surface area contributed by atoms with Gasteiger partial charge in [0.25, 0.3) is 0 Å². The Morgan fingerprint density at radius 3 is 2.72 bits per heavy atom. The molecule has 8 heteroatoms. The van der Waals surface area contributed by atoms with E-state index in [0.717, 1.165) is 24.3 Å². The van der Waals surface area contributed by atoms with E-state index in [4.69, 9.17) is 4.74 Å². The molecule has 2 aliphatic rings. The Bertz CT molecular complexity index is 830. The van der Waals surface area contributed by atoms with Gasteiger partial charge in [-0.2, -0.15) is 0 Å². The lowest BCUT2D eigenvalue weighted by molar-refractivity contribution is 0.130. The van der Waals surface area contributed by atoms with Crippen LogP contribution in [0.25, 0.3) is 0 Å². The van der Waals surface area contributed by atoms with Gasteiger partial charge in [0.05, 0.1) is 10.5 Å². The van der Waals surface area contributed by atoms with Gasteiger partial charge in [0.15, 0.2) is 15.8 Å². The topological polar surface area (TPSA) is 83.9 Å². The van der Waals surface area contributed by atoms with Crippen molar-refractivity contribution >= 4 is 15.8 Å². The fourth-order valence-electron chi connectivity index (χ4n) is 3.98. The Labute approximate surface area is 174 Å². The highest BCUT2D eigenvalue weighted by molar-refractivity contribution is 7.92. The number of guanidine groups is 1. The maximum atomic E-state index is 12.3. The minimum absolute atomic E-state index is 0.147. The molecule has 0 radical (unpaired) electrons. The van der Waals surface area contributed by atoms with Crippen LogP contribution in [0.2, 0.25) is 0 Å². The summed E-state index contributed by atoms with van der Waals surface area (Å²) in [6.45, 7) is 7.32. The minimum Gasteiger partial charge on any atom is -0.474 e. The van der Waals surface area contributed by atoms with Gasteiger partial charge in [0.2, 0.25) is 5.88 Å². The molecule has 1 aliphatic heterocycles. The molecule has 2 fully saturated rings. The normalized spacial score (nSPS) is 26.8. The molecular formula is C21H34N4O3S. The zero-order chi connectivity index (χ0) is 21.1. The van der Waals surface area contributed by atoms with Crippen LogP contribution in [0.1, 0.15) is 52.0 Å². The van der Waals surface area contributed by atoms with E-state index in [-0.39, 0.29) is 11.9 Å². The predicted octanol–water partition coefficient (Wildman–Crippen LogP) is 2.62. The Morgan fingerprint density at radius 2 is 2.07 bits per heavy atom. The van der Waals surface area contributed by atoms with Crippen LogP contribution in [0, 0.1) is 5.92 Å². The minimum atomic E-state index is -3.08. The standard InChI is InChI=1S/C21H34N4O3S/c1-16-5-7-18(8-6-16)28-19-13-17(9-10-23-19)14-24-20(22-4)25-11-12-29(26,27)21(2,3)15-25/h9-10,13,16,18H,5-8,11-12,14-15H2,1-4H3,(H,22,24). The third kappa shape index (κ3) is 5.41. The van der Waals surface area contributed by atoms with E-state index in [1.807, 2.05) is 17.0 Å². The zero-order valence-electron chi connectivity index (χ0n) is 18.0. The predicted molar refractivity (Wildman–Crippen MR) is 116 cm³/mol. The summed E-state index contributed by atoms with van der Waals surface area (Å²) in [6.07, 6.45) is 6.63. The highest BCUT2D eigenvalue weighted by Gasteiger charge is 2.40. The molecule has 3 rings (SSSR count). The second kappa shape index (κ2) is 8.90. The second-order valence-electron chi connectivity index (χ2n) is 8.90. The SMILES string of the molecule is CN=C(NCc1ccnc(OC2CCC(C)CC2)c1)N1CCS(=O)(=O)C(C)(C)C1. The summed E-state index contributed by atoms with van der Waals surface area (Å²) in [6, 6.07) is 3.93. The molecule has 1 saturated carbocycles. The highest BCUT2D eigenvalue weighted by atomic mass is 32.2. The molecule has 1 aromatic heterocycles. The van der Waals surface area contributed by atoms with Crippen LogP contribution in [0.4, 0.5) is 0 Å². The van der Waals surface area contributed by atoms with Crippen LogP contribution in [0.3, 0.4) is 0 Å². The lowest BCUT2D eigenvalue weighted by Crippen LogP contribution is -2.57. The lowest BCUT2D eigenvalue weighted by atomic mass is 9.89. The molecule has 0 aromatic carbocycles. The van der Waals surface area contributed by atoms with Crippen LogP contribution in [-0.4, -0.2) is 61.0 Å². The fraction of sp³-hybridized carbons (Fsp3) is 0.714. The first kappa shape index (κ1) is 21.9. The average Bonchev–Trinajstić information content (AvgIpc) is 2.67. The Balaban J connectivity index is 1.57. The van der Waals surface area contributed by atoms with Crippen LogP contribution in [-0.2, 0) is 16.4 Å². The number of pyridine rings is 1.